The van der Waals surface area contributed by atoms with E-state index in [0.29, 0.717) is 18.1 Å². The Bertz CT molecular complexity index is 484. The van der Waals surface area contributed by atoms with Gasteiger partial charge in [0, 0.05) is 30.2 Å². The molecule has 0 aliphatic carbocycles. The lowest BCUT2D eigenvalue weighted by atomic mass is 9.97. The molecule has 2 bridgehead atoms. The molecule has 2 fully saturated rings. The highest BCUT2D eigenvalue weighted by Crippen LogP contribution is 2.30. The Morgan fingerprint density at radius 3 is 2.29 bits per heavy atom. The van der Waals surface area contributed by atoms with Gasteiger partial charge in [-0.05, 0) is 56.7 Å². The largest absolute Gasteiger partial charge is 0.336 e. The SMILES string of the molecule is CCc1ccc(C(=O)N(CC)C2CC3CCC(C2)N3)cc1. The molecule has 0 saturated carbocycles. The fourth-order valence-electron chi connectivity index (χ4n) is 3.90. The van der Waals surface area contributed by atoms with Crippen LogP contribution in [-0.4, -0.2) is 35.5 Å². The minimum Gasteiger partial charge on any atom is -0.336 e. The predicted molar refractivity (Wildman–Crippen MR) is 85.5 cm³/mol. The number of hydrogen-bond acceptors (Lipinski definition) is 2. The third-order valence-electron chi connectivity index (χ3n) is 5.10. The number of carbonyl (C=O) groups is 1. The van der Waals surface area contributed by atoms with Crippen LogP contribution in [0.1, 0.15) is 55.5 Å². The van der Waals surface area contributed by atoms with Crippen molar-refractivity contribution in [3.05, 3.63) is 35.4 Å². The number of piperidine rings is 1. The van der Waals surface area contributed by atoms with Gasteiger partial charge in [0.15, 0.2) is 0 Å². The molecule has 3 heteroatoms. The molecule has 2 saturated heterocycles. The summed E-state index contributed by atoms with van der Waals surface area (Å²) in [5.74, 6) is 0.200. The molecule has 114 valence electrons. The average molecular weight is 286 g/mol. The van der Waals surface area contributed by atoms with E-state index in [0.717, 1.165) is 31.4 Å². The molecular formula is C18H26N2O. The summed E-state index contributed by atoms with van der Waals surface area (Å²) in [7, 11) is 0. The van der Waals surface area contributed by atoms with Gasteiger partial charge in [-0.1, -0.05) is 19.1 Å². The molecule has 0 spiro atoms. The summed E-state index contributed by atoms with van der Waals surface area (Å²) in [6.45, 7) is 5.04. The van der Waals surface area contributed by atoms with Gasteiger partial charge in [0.25, 0.3) is 5.91 Å². The second kappa shape index (κ2) is 6.18. The van der Waals surface area contributed by atoms with Crippen LogP contribution in [0, 0.1) is 0 Å². The maximum absolute atomic E-state index is 12.8. The second-order valence-electron chi connectivity index (χ2n) is 6.40. The molecule has 0 aromatic heterocycles. The highest BCUT2D eigenvalue weighted by molar-refractivity contribution is 5.94. The number of hydrogen-bond donors (Lipinski definition) is 1. The van der Waals surface area contributed by atoms with Crippen molar-refractivity contribution in [1.82, 2.24) is 10.2 Å². The molecule has 1 N–H and O–H groups in total. The summed E-state index contributed by atoms with van der Waals surface area (Å²) in [6, 6.07) is 9.78. The molecule has 1 aromatic carbocycles. The summed E-state index contributed by atoms with van der Waals surface area (Å²) >= 11 is 0. The number of fused-ring (bicyclic) bond motifs is 2. The number of aryl methyl sites for hydroxylation is 1. The van der Waals surface area contributed by atoms with Crippen molar-refractivity contribution in [3.63, 3.8) is 0 Å². The van der Waals surface area contributed by atoms with Gasteiger partial charge < -0.3 is 10.2 Å². The van der Waals surface area contributed by atoms with E-state index >= 15 is 0 Å². The Morgan fingerprint density at radius 1 is 1.14 bits per heavy atom. The van der Waals surface area contributed by atoms with E-state index in [1.54, 1.807) is 0 Å². The van der Waals surface area contributed by atoms with Crippen LogP contribution in [0.15, 0.2) is 24.3 Å². The maximum Gasteiger partial charge on any atom is 0.254 e. The average Bonchev–Trinajstić information content (AvgIpc) is 2.86. The van der Waals surface area contributed by atoms with Gasteiger partial charge in [-0.2, -0.15) is 0 Å². The number of nitrogens with one attached hydrogen (secondary N) is 1. The van der Waals surface area contributed by atoms with E-state index in [2.05, 4.69) is 36.2 Å². The first-order chi connectivity index (χ1) is 10.2. The zero-order chi connectivity index (χ0) is 14.8. The quantitative estimate of drug-likeness (QED) is 0.923. The van der Waals surface area contributed by atoms with Crippen LogP contribution >= 0.6 is 0 Å². The summed E-state index contributed by atoms with van der Waals surface area (Å²) in [6.07, 6.45) is 5.80. The molecule has 2 aliphatic heterocycles. The number of carbonyl (C=O) groups excluding carboxylic acids is 1. The molecular weight excluding hydrogens is 260 g/mol. The highest BCUT2D eigenvalue weighted by Gasteiger charge is 2.37. The van der Waals surface area contributed by atoms with E-state index in [1.165, 1.54) is 18.4 Å². The maximum atomic E-state index is 12.8. The molecule has 3 nitrogen and oxygen atoms in total. The van der Waals surface area contributed by atoms with Gasteiger partial charge in [-0.3, -0.25) is 4.79 Å². The zero-order valence-electron chi connectivity index (χ0n) is 13.1. The van der Waals surface area contributed by atoms with E-state index in [4.69, 9.17) is 0 Å². The lowest BCUT2D eigenvalue weighted by Crippen LogP contribution is -2.50. The van der Waals surface area contributed by atoms with Crippen molar-refractivity contribution in [2.75, 3.05) is 6.54 Å². The first kappa shape index (κ1) is 14.6. The Morgan fingerprint density at radius 2 is 1.76 bits per heavy atom. The summed E-state index contributed by atoms with van der Waals surface area (Å²) < 4.78 is 0. The Kier molecular flexibility index (Phi) is 4.29. The third-order valence-corrected chi connectivity index (χ3v) is 5.10. The van der Waals surface area contributed by atoms with Gasteiger partial charge in [-0.25, -0.2) is 0 Å². The van der Waals surface area contributed by atoms with Gasteiger partial charge in [-0.15, -0.1) is 0 Å². The third kappa shape index (κ3) is 2.98. The number of nitrogens with zero attached hydrogens (tertiary/aromatic N) is 1. The van der Waals surface area contributed by atoms with Crippen molar-refractivity contribution >= 4 is 5.91 Å². The highest BCUT2D eigenvalue weighted by atomic mass is 16.2. The molecule has 2 unspecified atom stereocenters. The Hall–Kier alpha value is -1.35. The molecule has 0 radical (unpaired) electrons. The smallest absolute Gasteiger partial charge is 0.254 e. The van der Waals surface area contributed by atoms with Gasteiger partial charge in [0.05, 0.1) is 0 Å². The topological polar surface area (TPSA) is 32.3 Å². The van der Waals surface area contributed by atoms with Gasteiger partial charge >= 0.3 is 0 Å². The van der Waals surface area contributed by atoms with Crippen LogP contribution < -0.4 is 5.32 Å². The summed E-state index contributed by atoms with van der Waals surface area (Å²) in [4.78, 5) is 14.9. The van der Waals surface area contributed by atoms with Crippen molar-refractivity contribution in [3.8, 4) is 0 Å². The van der Waals surface area contributed by atoms with E-state index in [1.807, 2.05) is 12.1 Å². The predicted octanol–water partition coefficient (Wildman–Crippen LogP) is 2.99. The van der Waals surface area contributed by atoms with Crippen LogP contribution in [0.2, 0.25) is 0 Å². The standard InChI is InChI=1S/C18H26N2O/c1-3-13-5-7-14(8-6-13)18(21)20(4-2)17-11-15-9-10-16(12-17)19-15/h5-8,15-17,19H,3-4,9-12H2,1-2H3. The summed E-state index contributed by atoms with van der Waals surface area (Å²) in [5.41, 5.74) is 2.12. The lowest BCUT2D eigenvalue weighted by molar-refractivity contribution is 0.0631. The minimum atomic E-state index is 0.200. The van der Waals surface area contributed by atoms with Crippen molar-refractivity contribution in [2.24, 2.45) is 0 Å². The molecule has 2 atom stereocenters. The fraction of sp³-hybridized carbons (Fsp3) is 0.611. The van der Waals surface area contributed by atoms with E-state index < -0.39 is 0 Å². The first-order valence-electron chi connectivity index (χ1n) is 8.37. The van der Waals surface area contributed by atoms with Crippen LogP contribution in [0.25, 0.3) is 0 Å². The van der Waals surface area contributed by atoms with Crippen LogP contribution in [0.4, 0.5) is 0 Å². The minimum absolute atomic E-state index is 0.200. The van der Waals surface area contributed by atoms with Crippen LogP contribution in [-0.2, 0) is 6.42 Å². The lowest BCUT2D eigenvalue weighted by Gasteiger charge is -2.37. The normalized spacial score (nSPS) is 27.6. The fourth-order valence-corrected chi connectivity index (χ4v) is 3.90. The Labute approximate surface area is 127 Å². The van der Waals surface area contributed by atoms with Gasteiger partial charge in [0.1, 0.15) is 0 Å². The van der Waals surface area contributed by atoms with Crippen molar-refractivity contribution in [2.45, 2.75) is 64.1 Å². The van der Waals surface area contributed by atoms with Gasteiger partial charge in [0.2, 0.25) is 0 Å². The van der Waals surface area contributed by atoms with Crippen molar-refractivity contribution < 1.29 is 4.79 Å². The van der Waals surface area contributed by atoms with Crippen LogP contribution in [0.3, 0.4) is 0 Å². The zero-order valence-corrected chi connectivity index (χ0v) is 13.1. The number of amides is 1. The van der Waals surface area contributed by atoms with Crippen LogP contribution in [0.5, 0.6) is 0 Å². The first-order valence-corrected chi connectivity index (χ1v) is 8.37. The van der Waals surface area contributed by atoms with Crippen molar-refractivity contribution in [1.29, 1.82) is 0 Å². The van der Waals surface area contributed by atoms with E-state index in [9.17, 15) is 4.79 Å². The number of benzene rings is 1. The molecule has 2 aliphatic rings. The molecule has 21 heavy (non-hydrogen) atoms. The van der Waals surface area contributed by atoms with E-state index in [-0.39, 0.29) is 5.91 Å². The monoisotopic (exact) mass is 286 g/mol. The summed E-state index contributed by atoms with van der Waals surface area (Å²) in [5, 5.41) is 3.66. The second-order valence-corrected chi connectivity index (χ2v) is 6.40. The molecule has 1 aromatic rings. The molecule has 3 rings (SSSR count). The molecule has 1 amide bonds. The number of rotatable bonds is 4. The molecule has 2 heterocycles. The Balaban J connectivity index is 1.74.